The van der Waals surface area contributed by atoms with Crippen molar-refractivity contribution >= 4 is 11.6 Å². The molecule has 146 valence electrons. The molecule has 0 saturated heterocycles. The maximum atomic E-state index is 13.8. The molecule has 1 heterocycles. The van der Waals surface area contributed by atoms with Crippen LogP contribution in [0.2, 0.25) is 0 Å². The van der Waals surface area contributed by atoms with Crippen LogP contribution in [0.4, 0.5) is 14.5 Å². The van der Waals surface area contributed by atoms with Crippen LogP contribution in [0.25, 0.3) is 11.3 Å². The van der Waals surface area contributed by atoms with Crippen molar-refractivity contribution in [2.45, 2.75) is 26.4 Å². The van der Waals surface area contributed by atoms with Crippen LogP contribution in [0.15, 0.2) is 53.1 Å². The molecule has 0 atom stereocenters. The van der Waals surface area contributed by atoms with Crippen LogP contribution in [0.1, 0.15) is 24.8 Å². The van der Waals surface area contributed by atoms with Gasteiger partial charge in [-0.3, -0.25) is 4.79 Å². The molecule has 0 radical (unpaired) electrons. The minimum absolute atomic E-state index is 0.120. The fourth-order valence-corrected chi connectivity index (χ4v) is 2.65. The highest BCUT2D eigenvalue weighted by Crippen LogP contribution is 2.24. The van der Waals surface area contributed by atoms with E-state index in [1.807, 2.05) is 31.2 Å². The smallest absolute Gasteiger partial charge is 0.224 e. The summed E-state index contributed by atoms with van der Waals surface area (Å²) < 4.78 is 37.7. The number of para-hydroxylation sites is 1. The standard InChI is InChI=1S/C21H20F2N2O3/c1-2-27-13-14-5-3-4-6-18(14)25-20(26)9-10-21-24-12-19(28-21)16-8-7-15(22)11-17(16)23/h3-8,11-12H,2,9-10,13H2,1H3,(H,25,26). The third-order valence-corrected chi connectivity index (χ3v) is 4.07. The number of hydrogen-bond acceptors (Lipinski definition) is 4. The molecule has 5 nitrogen and oxygen atoms in total. The lowest BCUT2D eigenvalue weighted by atomic mass is 10.2. The van der Waals surface area contributed by atoms with Gasteiger partial charge in [0.05, 0.1) is 18.4 Å². The molecular formula is C21H20F2N2O3. The van der Waals surface area contributed by atoms with Crippen molar-refractivity contribution in [3.8, 4) is 11.3 Å². The summed E-state index contributed by atoms with van der Waals surface area (Å²) >= 11 is 0. The number of nitrogens with zero attached hydrogens (tertiary/aromatic N) is 1. The molecule has 7 heteroatoms. The topological polar surface area (TPSA) is 64.4 Å². The first-order chi connectivity index (χ1) is 13.6. The molecule has 3 rings (SSSR count). The first-order valence-electron chi connectivity index (χ1n) is 8.92. The Labute approximate surface area is 161 Å². The quantitative estimate of drug-likeness (QED) is 0.608. The molecule has 0 aliphatic heterocycles. The highest BCUT2D eigenvalue weighted by molar-refractivity contribution is 5.91. The number of carbonyl (C=O) groups excluding carboxylic acids is 1. The largest absolute Gasteiger partial charge is 0.441 e. The Hall–Kier alpha value is -3.06. The van der Waals surface area contributed by atoms with Crippen LogP contribution < -0.4 is 5.32 Å². The fourth-order valence-electron chi connectivity index (χ4n) is 2.65. The van der Waals surface area contributed by atoms with Crippen LogP contribution in [-0.4, -0.2) is 17.5 Å². The van der Waals surface area contributed by atoms with E-state index in [0.29, 0.717) is 24.8 Å². The van der Waals surface area contributed by atoms with E-state index in [-0.39, 0.29) is 30.1 Å². The van der Waals surface area contributed by atoms with Crippen LogP contribution in [0, 0.1) is 11.6 Å². The van der Waals surface area contributed by atoms with Crippen LogP contribution >= 0.6 is 0 Å². The lowest BCUT2D eigenvalue weighted by Gasteiger charge is -2.10. The molecule has 0 aliphatic rings. The number of halogens is 2. The van der Waals surface area contributed by atoms with Gasteiger partial charge in [-0.15, -0.1) is 0 Å². The summed E-state index contributed by atoms with van der Waals surface area (Å²) in [6, 6.07) is 10.6. The van der Waals surface area contributed by atoms with Gasteiger partial charge in [-0.2, -0.15) is 0 Å². The molecule has 1 N–H and O–H groups in total. The maximum Gasteiger partial charge on any atom is 0.224 e. The number of ether oxygens (including phenoxy) is 1. The minimum Gasteiger partial charge on any atom is -0.441 e. The molecule has 0 saturated carbocycles. The van der Waals surface area contributed by atoms with Crippen molar-refractivity contribution in [1.82, 2.24) is 4.98 Å². The van der Waals surface area contributed by atoms with Crippen molar-refractivity contribution < 1.29 is 22.7 Å². The van der Waals surface area contributed by atoms with Gasteiger partial charge in [-0.05, 0) is 25.1 Å². The van der Waals surface area contributed by atoms with Crippen molar-refractivity contribution in [2.24, 2.45) is 0 Å². The zero-order valence-corrected chi connectivity index (χ0v) is 15.4. The van der Waals surface area contributed by atoms with Gasteiger partial charge in [0.1, 0.15) is 11.6 Å². The van der Waals surface area contributed by atoms with Crippen molar-refractivity contribution in [3.63, 3.8) is 0 Å². The predicted octanol–water partition coefficient (Wildman–Crippen LogP) is 4.73. The number of hydrogen-bond donors (Lipinski definition) is 1. The molecule has 28 heavy (non-hydrogen) atoms. The van der Waals surface area contributed by atoms with Gasteiger partial charge < -0.3 is 14.5 Å². The van der Waals surface area contributed by atoms with Gasteiger partial charge in [-0.1, -0.05) is 18.2 Å². The number of benzene rings is 2. The van der Waals surface area contributed by atoms with E-state index < -0.39 is 11.6 Å². The monoisotopic (exact) mass is 386 g/mol. The van der Waals surface area contributed by atoms with E-state index in [1.165, 1.54) is 12.3 Å². The average molecular weight is 386 g/mol. The SMILES string of the molecule is CCOCc1ccccc1NC(=O)CCc1ncc(-c2ccc(F)cc2F)o1. The normalized spacial score (nSPS) is 10.8. The summed E-state index contributed by atoms with van der Waals surface area (Å²) in [7, 11) is 0. The Morgan fingerprint density at radius 2 is 2.04 bits per heavy atom. The number of aryl methyl sites for hydroxylation is 1. The van der Waals surface area contributed by atoms with Gasteiger partial charge in [0.25, 0.3) is 0 Å². The average Bonchev–Trinajstić information content (AvgIpc) is 3.14. The van der Waals surface area contributed by atoms with Gasteiger partial charge in [0.2, 0.25) is 5.91 Å². The summed E-state index contributed by atoms with van der Waals surface area (Å²) in [6.45, 7) is 2.91. The zero-order valence-electron chi connectivity index (χ0n) is 15.4. The Morgan fingerprint density at radius 3 is 2.82 bits per heavy atom. The first kappa shape index (κ1) is 19.7. The third kappa shape index (κ3) is 5.01. The number of nitrogens with one attached hydrogen (secondary N) is 1. The highest BCUT2D eigenvalue weighted by atomic mass is 19.1. The van der Waals surface area contributed by atoms with Crippen molar-refractivity contribution in [3.05, 3.63) is 71.8 Å². The molecule has 0 unspecified atom stereocenters. The number of amides is 1. The van der Waals surface area contributed by atoms with Gasteiger partial charge >= 0.3 is 0 Å². The third-order valence-electron chi connectivity index (χ3n) is 4.07. The van der Waals surface area contributed by atoms with Crippen molar-refractivity contribution in [1.29, 1.82) is 0 Å². The summed E-state index contributed by atoms with van der Waals surface area (Å²) in [5.74, 6) is -1.10. The van der Waals surface area contributed by atoms with E-state index in [0.717, 1.165) is 17.7 Å². The fraction of sp³-hybridized carbons (Fsp3) is 0.238. The predicted molar refractivity (Wildman–Crippen MR) is 101 cm³/mol. The number of rotatable bonds is 8. The summed E-state index contributed by atoms with van der Waals surface area (Å²) in [6.07, 6.45) is 1.76. The molecule has 1 amide bonds. The van der Waals surface area contributed by atoms with Gasteiger partial charge in [-0.25, -0.2) is 13.8 Å². The zero-order chi connectivity index (χ0) is 19.9. The Balaban J connectivity index is 1.59. The lowest BCUT2D eigenvalue weighted by molar-refractivity contribution is -0.116. The molecule has 0 fully saturated rings. The number of carbonyl (C=O) groups is 1. The summed E-state index contributed by atoms with van der Waals surface area (Å²) in [4.78, 5) is 16.3. The Morgan fingerprint density at radius 1 is 1.21 bits per heavy atom. The minimum atomic E-state index is -0.730. The molecular weight excluding hydrogens is 366 g/mol. The molecule has 1 aromatic heterocycles. The maximum absolute atomic E-state index is 13.8. The number of aromatic nitrogens is 1. The van der Waals surface area contributed by atoms with E-state index >= 15 is 0 Å². The Bertz CT molecular complexity index is 956. The second-order valence-corrected chi connectivity index (χ2v) is 6.08. The second kappa shape index (κ2) is 9.23. The first-order valence-corrected chi connectivity index (χ1v) is 8.92. The lowest BCUT2D eigenvalue weighted by Crippen LogP contribution is -2.14. The van der Waals surface area contributed by atoms with E-state index in [2.05, 4.69) is 10.3 Å². The molecule has 0 bridgehead atoms. The Kier molecular flexibility index (Phi) is 6.49. The number of anilines is 1. The molecule has 0 spiro atoms. The van der Waals surface area contributed by atoms with E-state index in [9.17, 15) is 13.6 Å². The van der Waals surface area contributed by atoms with Gasteiger partial charge in [0.15, 0.2) is 11.7 Å². The number of oxazole rings is 1. The van der Waals surface area contributed by atoms with Crippen LogP contribution in [-0.2, 0) is 22.6 Å². The van der Waals surface area contributed by atoms with E-state index in [4.69, 9.17) is 9.15 Å². The van der Waals surface area contributed by atoms with Crippen molar-refractivity contribution in [2.75, 3.05) is 11.9 Å². The summed E-state index contributed by atoms with van der Waals surface area (Å²) in [5, 5.41) is 2.85. The van der Waals surface area contributed by atoms with Crippen LogP contribution in [0.5, 0.6) is 0 Å². The van der Waals surface area contributed by atoms with Gasteiger partial charge in [0, 0.05) is 36.8 Å². The molecule has 2 aromatic carbocycles. The van der Waals surface area contributed by atoms with Crippen LogP contribution in [0.3, 0.4) is 0 Å². The summed E-state index contributed by atoms with van der Waals surface area (Å²) in [5.41, 5.74) is 1.71. The highest BCUT2D eigenvalue weighted by Gasteiger charge is 2.13. The second-order valence-electron chi connectivity index (χ2n) is 6.08. The van der Waals surface area contributed by atoms with E-state index in [1.54, 1.807) is 0 Å². The molecule has 0 aliphatic carbocycles. The molecule has 3 aromatic rings.